The van der Waals surface area contributed by atoms with E-state index in [9.17, 15) is 0 Å². The van der Waals surface area contributed by atoms with Crippen LogP contribution >= 0.6 is 0 Å². The zero-order valence-electron chi connectivity index (χ0n) is 17.8. The number of aliphatic imine (C=N–C) groups is 1. The van der Waals surface area contributed by atoms with Crippen LogP contribution in [0.2, 0.25) is 0 Å². The second-order valence-corrected chi connectivity index (χ2v) is 8.19. The minimum atomic E-state index is 0.212. The molecule has 2 aliphatic rings. The van der Waals surface area contributed by atoms with Crippen LogP contribution < -0.4 is 5.32 Å². The van der Waals surface area contributed by atoms with Crippen LogP contribution in [0.4, 0.5) is 0 Å². The van der Waals surface area contributed by atoms with Gasteiger partial charge in [-0.2, -0.15) is 0 Å². The summed E-state index contributed by atoms with van der Waals surface area (Å²) in [7, 11) is 0. The lowest BCUT2D eigenvalue weighted by Gasteiger charge is -2.36. The number of nitrogens with one attached hydrogen (secondary N) is 1. The van der Waals surface area contributed by atoms with E-state index in [4.69, 9.17) is 14.1 Å². The number of likely N-dealkylation sites (tertiary alicyclic amines) is 1. The van der Waals surface area contributed by atoms with E-state index in [1.54, 1.807) is 6.26 Å². The van der Waals surface area contributed by atoms with Gasteiger partial charge in [-0.15, -0.1) is 0 Å². The first kappa shape index (κ1) is 20.7. The summed E-state index contributed by atoms with van der Waals surface area (Å²) >= 11 is 0. The second kappa shape index (κ2) is 9.96. The summed E-state index contributed by atoms with van der Waals surface area (Å²) in [6.07, 6.45) is 2.76. The molecule has 1 aromatic heterocycles. The Hall–Kier alpha value is -2.57. The number of morpholine rings is 1. The predicted molar refractivity (Wildman–Crippen MR) is 119 cm³/mol. The van der Waals surface area contributed by atoms with Gasteiger partial charge in [-0.05, 0) is 24.6 Å². The van der Waals surface area contributed by atoms with Gasteiger partial charge in [-0.25, -0.2) is 4.99 Å². The largest absolute Gasteiger partial charge is 0.469 e. The van der Waals surface area contributed by atoms with Crippen molar-refractivity contribution < 1.29 is 9.15 Å². The SMILES string of the molecule is C=C(C)CN=C(NCCc1ccco1)N1CC2OCCN(Cc3ccccc3)C2C1. The summed E-state index contributed by atoms with van der Waals surface area (Å²) in [6, 6.07) is 15.0. The predicted octanol–water partition coefficient (Wildman–Crippen LogP) is 2.93. The number of hydrogen-bond donors (Lipinski definition) is 1. The van der Waals surface area contributed by atoms with Crippen molar-refractivity contribution in [1.82, 2.24) is 15.1 Å². The van der Waals surface area contributed by atoms with Gasteiger partial charge in [0.1, 0.15) is 5.76 Å². The third-order valence-corrected chi connectivity index (χ3v) is 5.68. The second-order valence-electron chi connectivity index (χ2n) is 8.19. The number of benzene rings is 1. The van der Waals surface area contributed by atoms with Gasteiger partial charge in [-0.3, -0.25) is 4.90 Å². The molecule has 6 nitrogen and oxygen atoms in total. The van der Waals surface area contributed by atoms with E-state index in [1.165, 1.54) is 5.56 Å². The van der Waals surface area contributed by atoms with Crippen LogP contribution in [-0.4, -0.2) is 67.2 Å². The molecule has 2 saturated heterocycles. The smallest absolute Gasteiger partial charge is 0.194 e. The van der Waals surface area contributed by atoms with E-state index in [0.717, 1.165) is 63.0 Å². The molecule has 2 unspecified atom stereocenters. The first-order chi connectivity index (χ1) is 14.7. The third-order valence-electron chi connectivity index (χ3n) is 5.68. The molecule has 0 bridgehead atoms. The maximum Gasteiger partial charge on any atom is 0.194 e. The minimum Gasteiger partial charge on any atom is -0.469 e. The van der Waals surface area contributed by atoms with Crippen molar-refractivity contribution in [3.8, 4) is 0 Å². The van der Waals surface area contributed by atoms with Crippen molar-refractivity contribution in [3.05, 3.63) is 72.2 Å². The maximum atomic E-state index is 6.14. The summed E-state index contributed by atoms with van der Waals surface area (Å²) in [6.45, 7) is 11.9. The number of ether oxygens (including phenoxy) is 1. The van der Waals surface area contributed by atoms with E-state index in [2.05, 4.69) is 52.0 Å². The molecule has 0 radical (unpaired) electrons. The molecule has 0 amide bonds. The van der Waals surface area contributed by atoms with Crippen LogP contribution in [-0.2, 0) is 17.7 Å². The lowest BCUT2D eigenvalue weighted by Crippen LogP contribution is -2.50. The summed E-state index contributed by atoms with van der Waals surface area (Å²) in [5, 5.41) is 3.53. The Bertz CT molecular complexity index is 834. The molecule has 1 aromatic carbocycles. The number of fused-ring (bicyclic) bond motifs is 1. The van der Waals surface area contributed by atoms with Crippen LogP contribution in [0.1, 0.15) is 18.2 Å². The van der Waals surface area contributed by atoms with Crippen LogP contribution in [0.25, 0.3) is 0 Å². The van der Waals surface area contributed by atoms with Crippen molar-refractivity contribution in [2.45, 2.75) is 32.0 Å². The van der Waals surface area contributed by atoms with E-state index >= 15 is 0 Å². The fourth-order valence-electron chi connectivity index (χ4n) is 4.18. The van der Waals surface area contributed by atoms with E-state index < -0.39 is 0 Å². The molecule has 160 valence electrons. The van der Waals surface area contributed by atoms with Crippen LogP contribution in [0.15, 0.2) is 70.3 Å². The highest BCUT2D eigenvalue weighted by Gasteiger charge is 2.41. The monoisotopic (exact) mass is 408 g/mol. The minimum absolute atomic E-state index is 0.212. The quantitative estimate of drug-likeness (QED) is 0.434. The van der Waals surface area contributed by atoms with Crippen molar-refractivity contribution >= 4 is 5.96 Å². The zero-order chi connectivity index (χ0) is 20.8. The lowest BCUT2D eigenvalue weighted by molar-refractivity contribution is -0.0502. The van der Waals surface area contributed by atoms with E-state index in [-0.39, 0.29) is 6.10 Å². The van der Waals surface area contributed by atoms with Crippen molar-refractivity contribution in [2.24, 2.45) is 4.99 Å². The number of furan rings is 1. The number of rotatable bonds is 7. The highest BCUT2D eigenvalue weighted by molar-refractivity contribution is 5.80. The Kier molecular flexibility index (Phi) is 6.87. The first-order valence-corrected chi connectivity index (χ1v) is 10.8. The molecule has 2 aromatic rings. The molecule has 0 saturated carbocycles. The van der Waals surface area contributed by atoms with Gasteiger partial charge in [0.15, 0.2) is 5.96 Å². The van der Waals surface area contributed by atoms with Gasteiger partial charge in [0.05, 0.1) is 31.6 Å². The fourth-order valence-corrected chi connectivity index (χ4v) is 4.18. The van der Waals surface area contributed by atoms with Gasteiger partial charge in [0.25, 0.3) is 0 Å². The average Bonchev–Trinajstić information content (AvgIpc) is 3.41. The normalized spacial score (nSPS) is 22.2. The molecule has 2 atom stereocenters. The fraction of sp³-hybridized carbons (Fsp3) is 0.458. The molecule has 30 heavy (non-hydrogen) atoms. The Labute approximate surface area is 179 Å². The molecule has 3 heterocycles. The van der Waals surface area contributed by atoms with Crippen molar-refractivity contribution in [2.75, 3.05) is 39.3 Å². The van der Waals surface area contributed by atoms with E-state index in [0.29, 0.717) is 12.6 Å². The van der Waals surface area contributed by atoms with Gasteiger partial charge >= 0.3 is 0 Å². The molecule has 4 rings (SSSR count). The van der Waals surface area contributed by atoms with Crippen LogP contribution in [0.5, 0.6) is 0 Å². The third kappa shape index (κ3) is 5.32. The first-order valence-electron chi connectivity index (χ1n) is 10.8. The topological polar surface area (TPSA) is 53.2 Å². The Morgan fingerprint density at radius 3 is 2.83 bits per heavy atom. The molecule has 2 fully saturated rings. The zero-order valence-corrected chi connectivity index (χ0v) is 17.8. The number of nitrogens with zero attached hydrogens (tertiary/aromatic N) is 3. The highest BCUT2D eigenvalue weighted by atomic mass is 16.5. The van der Waals surface area contributed by atoms with Crippen LogP contribution in [0.3, 0.4) is 0 Å². The average molecular weight is 409 g/mol. The summed E-state index contributed by atoms with van der Waals surface area (Å²) in [4.78, 5) is 9.71. The molecule has 6 heteroatoms. The Balaban J connectivity index is 1.41. The van der Waals surface area contributed by atoms with Gasteiger partial charge in [-0.1, -0.05) is 42.5 Å². The molecule has 0 spiro atoms. The summed E-state index contributed by atoms with van der Waals surface area (Å²) in [5.41, 5.74) is 2.41. The van der Waals surface area contributed by atoms with E-state index in [1.807, 2.05) is 19.1 Å². The Morgan fingerprint density at radius 2 is 2.07 bits per heavy atom. The Morgan fingerprint density at radius 1 is 1.20 bits per heavy atom. The van der Waals surface area contributed by atoms with Gasteiger partial charge in [0, 0.05) is 39.1 Å². The highest BCUT2D eigenvalue weighted by Crippen LogP contribution is 2.24. The van der Waals surface area contributed by atoms with Crippen molar-refractivity contribution in [1.29, 1.82) is 0 Å². The standard InChI is InChI=1S/C24H32N4O2/c1-19(2)15-26-24(25-11-10-21-9-6-13-29-21)28-17-22-23(18-28)30-14-12-27(22)16-20-7-4-3-5-8-20/h3-9,13,22-23H,1,10-12,14-18H2,2H3,(H,25,26). The maximum absolute atomic E-state index is 6.14. The molecular formula is C24H32N4O2. The van der Waals surface area contributed by atoms with Gasteiger partial charge in [0.2, 0.25) is 0 Å². The lowest BCUT2D eigenvalue weighted by atomic mass is 10.1. The van der Waals surface area contributed by atoms with Crippen LogP contribution in [0, 0.1) is 0 Å². The molecular weight excluding hydrogens is 376 g/mol. The van der Waals surface area contributed by atoms with Gasteiger partial charge < -0.3 is 19.4 Å². The number of hydrogen-bond acceptors (Lipinski definition) is 4. The molecule has 1 N–H and O–H groups in total. The summed E-state index contributed by atoms with van der Waals surface area (Å²) in [5.74, 6) is 1.91. The van der Waals surface area contributed by atoms with Crippen molar-refractivity contribution in [3.63, 3.8) is 0 Å². The number of guanidine groups is 1. The molecule has 2 aliphatic heterocycles. The summed E-state index contributed by atoms with van der Waals surface area (Å²) < 4.78 is 11.6. The molecule has 0 aliphatic carbocycles.